The molecule has 0 rings (SSSR count). The Bertz CT molecular complexity index is 196. The van der Waals surface area contributed by atoms with Crippen molar-refractivity contribution in [2.45, 2.75) is 32.8 Å². The molecule has 1 atom stereocenters. The molecule has 0 amide bonds. The average Bonchev–Trinajstić information content (AvgIpc) is 2.15. The van der Waals surface area contributed by atoms with Gasteiger partial charge in [0, 0.05) is 20.2 Å². The SMILES string of the molecule is COC(C)(C)CCN(C)CC(C)C#N. The van der Waals surface area contributed by atoms with E-state index in [2.05, 4.69) is 24.8 Å². The molecular formula is C11H22N2O. The van der Waals surface area contributed by atoms with Gasteiger partial charge >= 0.3 is 0 Å². The highest BCUT2D eigenvalue weighted by Crippen LogP contribution is 2.13. The van der Waals surface area contributed by atoms with Crippen LogP contribution in [-0.2, 0) is 4.74 Å². The molecule has 0 bridgehead atoms. The Labute approximate surface area is 87.7 Å². The highest BCUT2D eigenvalue weighted by atomic mass is 16.5. The summed E-state index contributed by atoms with van der Waals surface area (Å²) in [6, 6.07) is 2.23. The smallest absolute Gasteiger partial charge is 0.0666 e. The van der Waals surface area contributed by atoms with Gasteiger partial charge in [0.1, 0.15) is 0 Å². The van der Waals surface area contributed by atoms with Crippen molar-refractivity contribution in [2.24, 2.45) is 5.92 Å². The van der Waals surface area contributed by atoms with E-state index in [-0.39, 0.29) is 11.5 Å². The molecule has 0 aliphatic carbocycles. The highest BCUT2D eigenvalue weighted by Gasteiger charge is 2.17. The van der Waals surface area contributed by atoms with Gasteiger partial charge in [-0.1, -0.05) is 0 Å². The molecule has 0 aromatic rings. The van der Waals surface area contributed by atoms with Crippen molar-refractivity contribution in [3.8, 4) is 6.07 Å². The lowest BCUT2D eigenvalue weighted by molar-refractivity contribution is 0.00876. The molecule has 3 nitrogen and oxygen atoms in total. The van der Waals surface area contributed by atoms with Crippen LogP contribution in [0.4, 0.5) is 0 Å². The summed E-state index contributed by atoms with van der Waals surface area (Å²) in [7, 11) is 3.78. The van der Waals surface area contributed by atoms with Gasteiger partial charge in [-0.2, -0.15) is 5.26 Å². The van der Waals surface area contributed by atoms with E-state index < -0.39 is 0 Å². The van der Waals surface area contributed by atoms with E-state index in [1.165, 1.54) is 0 Å². The molecule has 82 valence electrons. The summed E-state index contributed by atoms with van der Waals surface area (Å²) in [4.78, 5) is 2.18. The number of nitriles is 1. The molecule has 0 saturated heterocycles. The second-order valence-corrected chi connectivity index (χ2v) is 4.51. The average molecular weight is 198 g/mol. The third kappa shape index (κ3) is 5.95. The zero-order valence-electron chi connectivity index (χ0n) is 10.0. The molecule has 3 heteroatoms. The van der Waals surface area contributed by atoms with Gasteiger partial charge in [0.15, 0.2) is 0 Å². The molecule has 0 spiro atoms. The Kier molecular flexibility index (Phi) is 5.75. The molecular weight excluding hydrogens is 176 g/mol. The van der Waals surface area contributed by atoms with Crippen molar-refractivity contribution < 1.29 is 4.74 Å². The van der Waals surface area contributed by atoms with Crippen LogP contribution in [0.15, 0.2) is 0 Å². The lowest BCUT2D eigenvalue weighted by Crippen LogP contribution is -2.32. The lowest BCUT2D eigenvalue weighted by atomic mass is 10.0. The van der Waals surface area contributed by atoms with Crippen LogP contribution in [0.25, 0.3) is 0 Å². The van der Waals surface area contributed by atoms with Gasteiger partial charge in [0.05, 0.1) is 17.6 Å². The maximum absolute atomic E-state index is 8.66. The number of hydrogen-bond donors (Lipinski definition) is 0. The van der Waals surface area contributed by atoms with Crippen LogP contribution in [-0.4, -0.2) is 37.7 Å². The number of methoxy groups -OCH3 is 1. The van der Waals surface area contributed by atoms with Crippen LogP contribution >= 0.6 is 0 Å². The molecule has 14 heavy (non-hydrogen) atoms. The van der Waals surface area contributed by atoms with E-state index in [0.717, 1.165) is 19.5 Å². The largest absolute Gasteiger partial charge is 0.379 e. The molecule has 0 aliphatic rings. The molecule has 0 aliphatic heterocycles. The number of nitrogens with zero attached hydrogens (tertiary/aromatic N) is 2. The monoisotopic (exact) mass is 198 g/mol. The van der Waals surface area contributed by atoms with Crippen molar-refractivity contribution in [3.05, 3.63) is 0 Å². The van der Waals surface area contributed by atoms with Crippen molar-refractivity contribution in [3.63, 3.8) is 0 Å². The van der Waals surface area contributed by atoms with Crippen LogP contribution < -0.4 is 0 Å². The fraction of sp³-hybridized carbons (Fsp3) is 0.909. The number of hydrogen-bond acceptors (Lipinski definition) is 3. The third-order valence-corrected chi connectivity index (χ3v) is 2.45. The van der Waals surface area contributed by atoms with Crippen LogP contribution in [0.1, 0.15) is 27.2 Å². The molecule has 0 saturated carbocycles. The van der Waals surface area contributed by atoms with Crippen molar-refractivity contribution in [2.75, 3.05) is 27.2 Å². The second kappa shape index (κ2) is 6.00. The zero-order valence-corrected chi connectivity index (χ0v) is 10.0. The molecule has 0 fully saturated rings. The van der Waals surface area contributed by atoms with Gasteiger partial charge in [-0.25, -0.2) is 0 Å². The normalized spacial score (nSPS) is 14.1. The first kappa shape index (κ1) is 13.4. The van der Waals surface area contributed by atoms with E-state index >= 15 is 0 Å². The van der Waals surface area contributed by atoms with Crippen molar-refractivity contribution in [1.29, 1.82) is 5.26 Å². The quantitative estimate of drug-likeness (QED) is 0.654. The highest BCUT2D eigenvalue weighted by molar-refractivity contribution is 4.81. The van der Waals surface area contributed by atoms with Gasteiger partial charge in [-0.05, 0) is 34.2 Å². The Morgan fingerprint density at radius 3 is 2.50 bits per heavy atom. The first-order valence-electron chi connectivity index (χ1n) is 5.04. The first-order valence-corrected chi connectivity index (χ1v) is 5.04. The minimum atomic E-state index is -0.0653. The van der Waals surface area contributed by atoms with Gasteiger partial charge in [0.25, 0.3) is 0 Å². The fourth-order valence-corrected chi connectivity index (χ4v) is 1.16. The summed E-state index contributed by atoms with van der Waals surface area (Å²) in [5.41, 5.74) is -0.0653. The third-order valence-electron chi connectivity index (χ3n) is 2.45. The summed E-state index contributed by atoms with van der Waals surface area (Å²) in [5, 5.41) is 8.66. The topological polar surface area (TPSA) is 36.3 Å². The van der Waals surface area contributed by atoms with Gasteiger partial charge in [0.2, 0.25) is 0 Å². The van der Waals surface area contributed by atoms with Crippen LogP contribution in [0.2, 0.25) is 0 Å². The molecule has 0 heterocycles. The predicted octanol–water partition coefficient (Wildman–Crippen LogP) is 1.89. The number of rotatable bonds is 6. The Hall–Kier alpha value is -0.590. The molecule has 0 radical (unpaired) electrons. The summed E-state index contributed by atoms with van der Waals surface area (Å²) in [5.74, 6) is 0.102. The van der Waals surface area contributed by atoms with E-state index in [9.17, 15) is 0 Å². The van der Waals surface area contributed by atoms with E-state index in [4.69, 9.17) is 10.00 Å². The van der Waals surface area contributed by atoms with Crippen molar-refractivity contribution >= 4 is 0 Å². The van der Waals surface area contributed by atoms with Crippen LogP contribution in [0.3, 0.4) is 0 Å². The first-order chi connectivity index (χ1) is 6.41. The molecule has 0 N–H and O–H groups in total. The van der Waals surface area contributed by atoms with E-state index in [0.29, 0.717) is 0 Å². The Morgan fingerprint density at radius 2 is 2.07 bits per heavy atom. The second-order valence-electron chi connectivity index (χ2n) is 4.51. The number of ether oxygens (including phenoxy) is 1. The van der Waals surface area contributed by atoms with Crippen molar-refractivity contribution in [1.82, 2.24) is 4.90 Å². The standard InChI is InChI=1S/C11H22N2O/c1-10(8-12)9-13(4)7-6-11(2,3)14-5/h10H,6-7,9H2,1-5H3. The van der Waals surface area contributed by atoms with Crippen LogP contribution in [0.5, 0.6) is 0 Å². The van der Waals surface area contributed by atoms with Gasteiger partial charge in [-0.3, -0.25) is 0 Å². The van der Waals surface area contributed by atoms with E-state index in [1.807, 2.05) is 14.0 Å². The predicted molar refractivity (Wildman–Crippen MR) is 58.0 cm³/mol. The molecule has 1 unspecified atom stereocenters. The Balaban J connectivity index is 3.75. The molecule has 0 aromatic carbocycles. The summed E-state index contributed by atoms with van der Waals surface area (Å²) < 4.78 is 5.33. The van der Waals surface area contributed by atoms with Crippen LogP contribution in [0, 0.1) is 17.2 Å². The van der Waals surface area contributed by atoms with Gasteiger partial charge in [-0.15, -0.1) is 0 Å². The maximum Gasteiger partial charge on any atom is 0.0666 e. The van der Waals surface area contributed by atoms with E-state index in [1.54, 1.807) is 7.11 Å². The maximum atomic E-state index is 8.66. The van der Waals surface area contributed by atoms with Gasteiger partial charge < -0.3 is 9.64 Å². The summed E-state index contributed by atoms with van der Waals surface area (Å²) >= 11 is 0. The fourth-order valence-electron chi connectivity index (χ4n) is 1.16. The minimum absolute atomic E-state index is 0.0653. The Morgan fingerprint density at radius 1 is 1.50 bits per heavy atom. The summed E-state index contributed by atoms with van der Waals surface area (Å²) in [6.45, 7) is 7.89. The molecule has 0 aromatic heterocycles. The summed E-state index contributed by atoms with van der Waals surface area (Å²) in [6.07, 6.45) is 0.984. The zero-order chi connectivity index (χ0) is 11.2. The minimum Gasteiger partial charge on any atom is -0.379 e. The lowest BCUT2D eigenvalue weighted by Gasteiger charge is -2.26.